The largest absolute Gasteiger partial charge is 0.348 e. The Morgan fingerprint density at radius 1 is 0.842 bits per heavy atom. The second-order valence-corrected chi connectivity index (χ2v) is 10.4. The maximum Gasteiger partial charge on any atom is 0.122 e. The summed E-state index contributed by atoms with van der Waals surface area (Å²) in [5, 5.41) is 0. The first-order valence-corrected chi connectivity index (χ1v) is 14.5. The van der Waals surface area contributed by atoms with Crippen molar-refractivity contribution < 1.29 is 0 Å². The second-order valence-electron chi connectivity index (χ2n) is 10.4. The van der Waals surface area contributed by atoms with Crippen LogP contribution in [-0.2, 0) is 39.6 Å². The molecule has 38 heavy (non-hydrogen) atoms. The fourth-order valence-corrected chi connectivity index (χ4v) is 5.34. The molecule has 0 aliphatic heterocycles. The van der Waals surface area contributed by atoms with Crippen LogP contribution < -0.4 is 0 Å². The topological polar surface area (TPSA) is 70.8 Å². The Balaban J connectivity index is 1.47. The van der Waals surface area contributed by atoms with E-state index in [0.717, 1.165) is 56.2 Å². The smallest absolute Gasteiger partial charge is 0.122 e. The van der Waals surface area contributed by atoms with Crippen LogP contribution in [0.3, 0.4) is 0 Å². The van der Waals surface area contributed by atoms with Crippen molar-refractivity contribution in [2.24, 2.45) is 7.05 Å². The van der Waals surface area contributed by atoms with Gasteiger partial charge in [0.05, 0.1) is 24.1 Å². The van der Waals surface area contributed by atoms with Crippen LogP contribution in [0.5, 0.6) is 0 Å². The number of nitrogens with zero attached hydrogens (tertiary/aromatic N) is 7. The van der Waals surface area contributed by atoms with E-state index in [1.165, 1.54) is 62.2 Å². The SMILES string of the molecule is CCCN(CCC)CCCCc1nc2cc(CN(Cc3ncc[nH]3)Cc3nccn3C)ccc2n1CCC. The van der Waals surface area contributed by atoms with E-state index in [0.29, 0.717) is 0 Å². The summed E-state index contributed by atoms with van der Waals surface area (Å²) in [5.41, 5.74) is 3.63. The van der Waals surface area contributed by atoms with Gasteiger partial charge in [-0.25, -0.2) is 15.0 Å². The quantitative estimate of drug-likeness (QED) is 0.186. The van der Waals surface area contributed by atoms with Gasteiger partial charge in [-0.1, -0.05) is 26.8 Å². The second kappa shape index (κ2) is 14.3. The fourth-order valence-electron chi connectivity index (χ4n) is 5.34. The molecule has 0 unspecified atom stereocenters. The van der Waals surface area contributed by atoms with Gasteiger partial charge in [0.2, 0.25) is 0 Å². The van der Waals surface area contributed by atoms with Crippen molar-refractivity contribution in [2.45, 2.75) is 85.5 Å². The third kappa shape index (κ3) is 7.54. The fraction of sp³-hybridized carbons (Fsp3) is 0.567. The van der Waals surface area contributed by atoms with E-state index in [9.17, 15) is 0 Å². The van der Waals surface area contributed by atoms with E-state index in [4.69, 9.17) is 4.98 Å². The number of rotatable bonds is 17. The van der Waals surface area contributed by atoms with Crippen molar-refractivity contribution in [1.29, 1.82) is 0 Å². The summed E-state index contributed by atoms with van der Waals surface area (Å²) in [6.45, 7) is 13.7. The standard InChI is InChI=1S/C30H46N8/c1-5-16-36(17-6-2)19-9-8-10-29-34-26-21-25(11-12-27(26)38(29)18-7-3)22-37(23-28-31-13-14-32-28)24-30-33-15-20-35(30)4/h11-15,20-21H,5-10,16-19,22-24H2,1-4H3,(H,31,32). The molecule has 0 aliphatic carbocycles. The van der Waals surface area contributed by atoms with E-state index in [2.05, 4.69) is 72.9 Å². The van der Waals surface area contributed by atoms with Crippen molar-refractivity contribution in [3.8, 4) is 0 Å². The van der Waals surface area contributed by atoms with Gasteiger partial charge in [0.25, 0.3) is 0 Å². The number of hydrogen-bond acceptors (Lipinski definition) is 5. The molecule has 8 nitrogen and oxygen atoms in total. The average molecular weight is 519 g/mol. The van der Waals surface area contributed by atoms with Crippen LogP contribution in [0, 0.1) is 0 Å². The van der Waals surface area contributed by atoms with Gasteiger partial charge in [-0.05, 0) is 69.4 Å². The lowest BCUT2D eigenvalue weighted by atomic mass is 10.2. The molecule has 0 amide bonds. The molecule has 0 fully saturated rings. The summed E-state index contributed by atoms with van der Waals surface area (Å²) in [6.07, 6.45) is 14.6. The molecular weight excluding hydrogens is 472 g/mol. The predicted octanol–water partition coefficient (Wildman–Crippen LogP) is 5.55. The highest BCUT2D eigenvalue weighted by Crippen LogP contribution is 2.22. The number of aromatic amines is 1. The highest BCUT2D eigenvalue weighted by molar-refractivity contribution is 5.77. The van der Waals surface area contributed by atoms with E-state index < -0.39 is 0 Å². The average Bonchev–Trinajstić information content (AvgIpc) is 3.64. The normalized spacial score (nSPS) is 11.9. The molecule has 4 aromatic rings. The van der Waals surface area contributed by atoms with Crippen molar-refractivity contribution in [1.82, 2.24) is 38.9 Å². The number of aryl methyl sites for hydroxylation is 3. The molecule has 0 saturated carbocycles. The van der Waals surface area contributed by atoms with Gasteiger partial charge in [0.15, 0.2) is 0 Å². The Morgan fingerprint density at radius 2 is 1.68 bits per heavy atom. The summed E-state index contributed by atoms with van der Waals surface area (Å²) in [7, 11) is 2.05. The lowest BCUT2D eigenvalue weighted by Gasteiger charge is -2.21. The minimum Gasteiger partial charge on any atom is -0.348 e. The van der Waals surface area contributed by atoms with Gasteiger partial charge >= 0.3 is 0 Å². The summed E-state index contributed by atoms with van der Waals surface area (Å²) < 4.78 is 4.53. The number of unbranched alkanes of at least 4 members (excludes halogenated alkanes) is 1. The molecule has 1 aromatic carbocycles. The van der Waals surface area contributed by atoms with Crippen LogP contribution in [-0.4, -0.2) is 58.5 Å². The molecule has 3 heterocycles. The van der Waals surface area contributed by atoms with Crippen molar-refractivity contribution in [3.05, 3.63) is 66.0 Å². The maximum atomic E-state index is 5.15. The highest BCUT2D eigenvalue weighted by Gasteiger charge is 2.15. The number of H-pyrrole nitrogens is 1. The van der Waals surface area contributed by atoms with E-state index in [1.807, 2.05) is 31.8 Å². The number of fused-ring (bicyclic) bond motifs is 1. The molecule has 3 aromatic heterocycles. The molecule has 0 spiro atoms. The highest BCUT2D eigenvalue weighted by atomic mass is 15.2. The Hall–Kier alpha value is -2.97. The Bertz CT molecular complexity index is 1220. The van der Waals surface area contributed by atoms with Crippen molar-refractivity contribution in [2.75, 3.05) is 19.6 Å². The zero-order valence-electron chi connectivity index (χ0n) is 23.9. The predicted molar refractivity (Wildman–Crippen MR) is 155 cm³/mol. The van der Waals surface area contributed by atoms with Crippen LogP contribution in [0.2, 0.25) is 0 Å². The minimum absolute atomic E-state index is 0.737. The van der Waals surface area contributed by atoms with Gasteiger partial charge in [-0.15, -0.1) is 0 Å². The number of imidazole rings is 3. The van der Waals surface area contributed by atoms with Crippen LogP contribution in [0.4, 0.5) is 0 Å². The maximum absolute atomic E-state index is 5.15. The van der Waals surface area contributed by atoms with Crippen LogP contribution >= 0.6 is 0 Å². The number of nitrogens with one attached hydrogen (secondary N) is 1. The molecule has 0 saturated heterocycles. The monoisotopic (exact) mass is 518 g/mol. The molecule has 0 radical (unpaired) electrons. The zero-order chi connectivity index (χ0) is 26.7. The van der Waals surface area contributed by atoms with Crippen LogP contribution in [0.25, 0.3) is 11.0 Å². The molecular formula is C30H46N8. The molecule has 1 N–H and O–H groups in total. The van der Waals surface area contributed by atoms with Crippen molar-refractivity contribution in [3.63, 3.8) is 0 Å². The lowest BCUT2D eigenvalue weighted by molar-refractivity contribution is 0.233. The van der Waals surface area contributed by atoms with Gasteiger partial charge in [0.1, 0.15) is 17.5 Å². The molecule has 0 atom stereocenters. The zero-order valence-corrected chi connectivity index (χ0v) is 23.9. The number of aromatic nitrogens is 6. The van der Waals surface area contributed by atoms with Gasteiger partial charge < -0.3 is 19.0 Å². The third-order valence-electron chi connectivity index (χ3n) is 7.16. The summed E-state index contributed by atoms with van der Waals surface area (Å²) in [5.74, 6) is 3.24. The Labute approximate surface area is 228 Å². The number of benzene rings is 1. The van der Waals surface area contributed by atoms with Crippen LogP contribution in [0.1, 0.15) is 75.9 Å². The first kappa shape index (κ1) is 28.0. The minimum atomic E-state index is 0.737. The van der Waals surface area contributed by atoms with E-state index >= 15 is 0 Å². The Kier molecular flexibility index (Phi) is 10.5. The molecule has 0 bridgehead atoms. The molecule has 0 aliphatic rings. The molecule has 8 heteroatoms. The molecule has 4 rings (SSSR count). The van der Waals surface area contributed by atoms with Gasteiger partial charge in [0, 0.05) is 51.3 Å². The van der Waals surface area contributed by atoms with Crippen LogP contribution in [0.15, 0.2) is 43.0 Å². The first-order chi connectivity index (χ1) is 18.6. The van der Waals surface area contributed by atoms with Crippen molar-refractivity contribution >= 4 is 11.0 Å². The van der Waals surface area contributed by atoms with Gasteiger partial charge in [-0.3, -0.25) is 4.90 Å². The first-order valence-electron chi connectivity index (χ1n) is 14.5. The summed E-state index contributed by atoms with van der Waals surface area (Å²) >= 11 is 0. The van der Waals surface area contributed by atoms with E-state index in [1.54, 1.807) is 0 Å². The molecule has 206 valence electrons. The summed E-state index contributed by atoms with van der Waals surface area (Å²) in [4.78, 5) is 22.4. The lowest BCUT2D eigenvalue weighted by Crippen LogP contribution is -2.26. The number of hydrogen-bond donors (Lipinski definition) is 1. The van der Waals surface area contributed by atoms with E-state index in [-0.39, 0.29) is 0 Å². The summed E-state index contributed by atoms with van der Waals surface area (Å²) in [6, 6.07) is 6.82. The Morgan fingerprint density at radius 3 is 2.37 bits per heavy atom. The van der Waals surface area contributed by atoms with Gasteiger partial charge in [-0.2, -0.15) is 0 Å². The third-order valence-corrected chi connectivity index (χ3v) is 7.16.